The van der Waals surface area contributed by atoms with E-state index in [2.05, 4.69) is 4.98 Å². The molecule has 0 aliphatic carbocycles. The Kier molecular flexibility index (Phi) is 1.92. The third-order valence-corrected chi connectivity index (χ3v) is 2.05. The van der Waals surface area contributed by atoms with Crippen LogP contribution >= 0.6 is 0 Å². The van der Waals surface area contributed by atoms with E-state index in [1.54, 1.807) is 0 Å². The lowest BCUT2D eigenvalue weighted by atomic mass is 10.3. The standard InChI is InChI=1S/C9H10N2O4/c1-5-4-6(12)8(15-5)11-3-2-7(13)10-9(11)14/h2-4,6,8,12H,1H3,(H,10,13,14)/t6-,8-/m1/s1/i1D. The maximum absolute atomic E-state index is 11.4. The van der Waals surface area contributed by atoms with E-state index in [-0.39, 0.29) is 6.90 Å². The van der Waals surface area contributed by atoms with Gasteiger partial charge in [0.15, 0.2) is 0 Å². The zero-order valence-electron chi connectivity index (χ0n) is 8.71. The Labute approximate surface area is 85.8 Å². The highest BCUT2D eigenvalue weighted by Crippen LogP contribution is 2.24. The number of aliphatic hydroxyl groups is 1. The van der Waals surface area contributed by atoms with Crippen molar-refractivity contribution >= 4 is 0 Å². The molecule has 0 unspecified atom stereocenters. The molecule has 15 heavy (non-hydrogen) atoms. The Morgan fingerprint density at radius 1 is 1.67 bits per heavy atom. The van der Waals surface area contributed by atoms with Crippen molar-refractivity contribution in [2.24, 2.45) is 0 Å². The summed E-state index contributed by atoms with van der Waals surface area (Å²) in [5, 5.41) is 9.60. The molecule has 0 bridgehead atoms. The molecule has 0 radical (unpaired) electrons. The molecule has 2 rings (SSSR count). The van der Waals surface area contributed by atoms with E-state index < -0.39 is 23.6 Å². The topological polar surface area (TPSA) is 84.3 Å². The first kappa shape index (κ1) is 8.49. The van der Waals surface area contributed by atoms with Crippen molar-refractivity contribution in [1.82, 2.24) is 9.55 Å². The van der Waals surface area contributed by atoms with Crippen molar-refractivity contribution < 1.29 is 11.2 Å². The molecule has 0 saturated carbocycles. The SMILES string of the molecule is [2H]CC1=C[C@@H](O)[C@H](n2ccc(=O)[nH]c2=O)O1. The number of ether oxygens (including phenoxy) is 1. The second-order valence-electron chi connectivity index (χ2n) is 3.15. The lowest BCUT2D eigenvalue weighted by molar-refractivity contribution is -0.00215. The molecule has 2 N–H and O–H groups in total. The minimum absolute atomic E-state index is 0.105. The molecule has 2 atom stereocenters. The molecule has 2 heterocycles. The van der Waals surface area contributed by atoms with E-state index >= 15 is 0 Å². The van der Waals surface area contributed by atoms with Crippen LogP contribution in [-0.2, 0) is 4.74 Å². The minimum atomic E-state index is -0.996. The second-order valence-corrected chi connectivity index (χ2v) is 3.15. The Morgan fingerprint density at radius 3 is 3.07 bits per heavy atom. The quantitative estimate of drug-likeness (QED) is 0.645. The fraction of sp³-hybridized carbons (Fsp3) is 0.333. The molecule has 0 aromatic carbocycles. The predicted octanol–water partition coefficient (Wildman–Crippen LogP) is -0.670. The van der Waals surface area contributed by atoms with Crippen molar-refractivity contribution in [2.45, 2.75) is 19.2 Å². The second kappa shape index (κ2) is 3.39. The summed E-state index contributed by atoms with van der Waals surface area (Å²) in [4.78, 5) is 24.3. The largest absolute Gasteiger partial charge is 0.472 e. The van der Waals surface area contributed by atoms with Gasteiger partial charge >= 0.3 is 5.69 Å². The number of hydrogen-bond acceptors (Lipinski definition) is 4. The zero-order chi connectivity index (χ0) is 11.7. The van der Waals surface area contributed by atoms with Crippen LogP contribution in [-0.4, -0.2) is 20.8 Å². The lowest BCUT2D eigenvalue weighted by Crippen LogP contribution is -2.35. The Balaban J connectivity index is 2.34. The van der Waals surface area contributed by atoms with Crippen molar-refractivity contribution in [2.75, 3.05) is 0 Å². The van der Waals surface area contributed by atoms with Crippen LogP contribution in [0.5, 0.6) is 0 Å². The molecule has 0 saturated heterocycles. The summed E-state index contributed by atoms with van der Waals surface area (Å²) in [6.45, 7) is -0.105. The summed E-state index contributed by atoms with van der Waals surface area (Å²) < 4.78 is 13.3. The molecular formula is C9H10N2O4. The van der Waals surface area contributed by atoms with Gasteiger partial charge in [-0.15, -0.1) is 0 Å². The number of rotatable bonds is 1. The number of nitrogens with one attached hydrogen (secondary N) is 1. The highest BCUT2D eigenvalue weighted by atomic mass is 16.5. The highest BCUT2D eigenvalue weighted by molar-refractivity contribution is 5.04. The Hall–Kier alpha value is -1.82. The van der Waals surface area contributed by atoms with Crippen LogP contribution < -0.4 is 11.2 Å². The van der Waals surface area contributed by atoms with Crippen LogP contribution in [0.4, 0.5) is 0 Å². The maximum atomic E-state index is 11.4. The van der Waals surface area contributed by atoms with Gasteiger partial charge in [-0.25, -0.2) is 4.79 Å². The van der Waals surface area contributed by atoms with Gasteiger partial charge in [-0.2, -0.15) is 0 Å². The summed E-state index contributed by atoms with van der Waals surface area (Å²) in [5.74, 6) is 0.301. The van der Waals surface area contributed by atoms with Crippen LogP contribution in [0.25, 0.3) is 0 Å². The normalized spacial score (nSPS) is 25.7. The molecule has 6 heteroatoms. The summed E-state index contributed by atoms with van der Waals surface area (Å²) >= 11 is 0. The third kappa shape index (κ3) is 1.71. The summed E-state index contributed by atoms with van der Waals surface area (Å²) in [5.41, 5.74) is -1.17. The summed E-state index contributed by atoms with van der Waals surface area (Å²) in [6.07, 6.45) is 0.707. The van der Waals surface area contributed by atoms with Gasteiger partial charge < -0.3 is 9.84 Å². The predicted molar refractivity (Wildman–Crippen MR) is 51.2 cm³/mol. The Bertz CT molecular complexity index is 533. The van der Waals surface area contributed by atoms with E-state index in [1.165, 1.54) is 12.3 Å². The molecule has 0 spiro atoms. The number of aromatic amines is 1. The monoisotopic (exact) mass is 211 g/mol. The maximum Gasteiger partial charge on any atom is 0.331 e. The first-order valence-corrected chi connectivity index (χ1v) is 4.28. The molecule has 80 valence electrons. The van der Waals surface area contributed by atoms with Crippen molar-refractivity contribution in [3.63, 3.8) is 0 Å². The number of allylic oxidation sites excluding steroid dienone is 1. The lowest BCUT2D eigenvalue weighted by Gasteiger charge is -2.17. The fourth-order valence-electron chi connectivity index (χ4n) is 1.39. The molecule has 1 aromatic heterocycles. The van der Waals surface area contributed by atoms with Gasteiger partial charge in [0.05, 0.1) is 5.76 Å². The van der Waals surface area contributed by atoms with Gasteiger partial charge in [0, 0.05) is 13.6 Å². The average molecular weight is 211 g/mol. The number of hydrogen-bond donors (Lipinski definition) is 2. The van der Waals surface area contributed by atoms with Crippen molar-refractivity contribution in [3.8, 4) is 0 Å². The van der Waals surface area contributed by atoms with E-state index in [9.17, 15) is 14.7 Å². The smallest absolute Gasteiger partial charge is 0.331 e. The molecule has 6 nitrogen and oxygen atoms in total. The van der Waals surface area contributed by atoms with E-state index in [0.717, 1.165) is 10.6 Å². The van der Waals surface area contributed by atoms with Crippen LogP contribution in [0.3, 0.4) is 0 Å². The average Bonchev–Trinajstić information content (AvgIpc) is 2.60. The van der Waals surface area contributed by atoms with Crippen molar-refractivity contribution in [3.05, 3.63) is 44.9 Å². The molecule has 0 amide bonds. The number of aromatic nitrogens is 2. The van der Waals surface area contributed by atoms with E-state index in [0.29, 0.717) is 5.76 Å². The van der Waals surface area contributed by atoms with Gasteiger partial charge in [0.25, 0.3) is 5.56 Å². The van der Waals surface area contributed by atoms with Crippen LogP contribution in [0, 0.1) is 0 Å². The summed E-state index contributed by atoms with van der Waals surface area (Å²) in [7, 11) is 0. The molecule has 1 aliphatic rings. The van der Waals surface area contributed by atoms with Gasteiger partial charge in [-0.1, -0.05) is 0 Å². The van der Waals surface area contributed by atoms with Gasteiger partial charge in [0.2, 0.25) is 6.23 Å². The Morgan fingerprint density at radius 2 is 2.47 bits per heavy atom. The highest BCUT2D eigenvalue weighted by Gasteiger charge is 2.27. The van der Waals surface area contributed by atoms with E-state index in [1.807, 2.05) is 0 Å². The number of aliphatic hydroxyl groups excluding tert-OH is 1. The molecular weight excluding hydrogens is 200 g/mol. The van der Waals surface area contributed by atoms with Crippen LogP contribution in [0.1, 0.15) is 14.5 Å². The minimum Gasteiger partial charge on any atom is -0.472 e. The molecule has 1 aromatic rings. The third-order valence-electron chi connectivity index (χ3n) is 2.05. The first-order chi connectivity index (χ1) is 7.61. The summed E-state index contributed by atoms with van der Waals surface area (Å²) in [6, 6.07) is 1.16. The van der Waals surface area contributed by atoms with Crippen molar-refractivity contribution in [1.29, 1.82) is 0 Å². The molecule has 1 aliphatic heterocycles. The number of H-pyrrole nitrogens is 1. The van der Waals surface area contributed by atoms with E-state index in [4.69, 9.17) is 6.11 Å². The van der Waals surface area contributed by atoms with Crippen LogP contribution in [0.15, 0.2) is 33.7 Å². The van der Waals surface area contributed by atoms with Gasteiger partial charge in [-0.05, 0) is 13.0 Å². The molecule has 0 fully saturated rings. The van der Waals surface area contributed by atoms with Gasteiger partial charge in [0.1, 0.15) is 6.10 Å². The first-order valence-electron chi connectivity index (χ1n) is 4.98. The fourth-order valence-corrected chi connectivity index (χ4v) is 1.39. The number of nitrogens with zero attached hydrogens (tertiary/aromatic N) is 1. The van der Waals surface area contributed by atoms with Gasteiger partial charge in [-0.3, -0.25) is 14.3 Å². The zero-order valence-corrected chi connectivity index (χ0v) is 7.71. The van der Waals surface area contributed by atoms with Crippen LogP contribution in [0.2, 0.25) is 0 Å².